The number of esters is 1. The van der Waals surface area contributed by atoms with E-state index in [2.05, 4.69) is 9.97 Å². The molecule has 1 aromatic rings. The number of carbonyl (C=O) groups is 1. The average molecular weight is 286 g/mol. The number of H-pyrrole nitrogens is 1. The van der Waals surface area contributed by atoms with Gasteiger partial charge >= 0.3 is 5.97 Å². The molecule has 0 radical (unpaired) electrons. The zero-order valence-corrected chi connectivity index (χ0v) is 11.4. The second-order valence-corrected chi connectivity index (χ2v) is 4.70. The van der Waals surface area contributed by atoms with E-state index in [4.69, 9.17) is 16.3 Å². The molecule has 0 aliphatic carbocycles. The summed E-state index contributed by atoms with van der Waals surface area (Å²) in [5.74, 6) is 0.0588. The Morgan fingerprint density at radius 3 is 3.16 bits per heavy atom. The Balaban J connectivity index is 2.31. The van der Waals surface area contributed by atoms with Crippen molar-refractivity contribution in [1.29, 1.82) is 0 Å². The van der Waals surface area contributed by atoms with Gasteiger partial charge in [0.25, 0.3) is 5.56 Å². The lowest BCUT2D eigenvalue weighted by Gasteiger charge is -2.34. The predicted octanol–water partition coefficient (Wildman–Crippen LogP) is 1.35. The van der Waals surface area contributed by atoms with Crippen molar-refractivity contribution in [2.45, 2.75) is 32.2 Å². The van der Waals surface area contributed by atoms with Crippen LogP contribution >= 0.6 is 11.6 Å². The fourth-order valence-electron chi connectivity index (χ4n) is 2.24. The van der Waals surface area contributed by atoms with Gasteiger partial charge in [0.2, 0.25) is 0 Å². The van der Waals surface area contributed by atoms with E-state index in [1.807, 2.05) is 0 Å². The summed E-state index contributed by atoms with van der Waals surface area (Å²) in [5, 5.41) is 0.0127. The molecule has 1 atom stereocenters. The van der Waals surface area contributed by atoms with Crippen LogP contribution in [0.4, 0.5) is 5.82 Å². The van der Waals surface area contributed by atoms with E-state index in [0.29, 0.717) is 25.4 Å². The molecule has 19 heavy (non-hydrogen) atoms. The molecule has 6 nitrogen and oxygen atoms in total. The van der Waals surface area contributed by atoms with Crippen LogP contribution in [-0.4, -0.2) is 35.1 Å². The third-order valence-electron chi connectivity index (χ3n) is 3.11. The van der Waals surface area contributed by atoms with Crippen LogP contribution < -0.4 is 10.5 Å². The first-order chi connectivity index (χ1) is 9.15. The molecule has 1 unspecified atom stereocenters. The highest BCUT2D eigenvalue weighted by Crippen LogP contribution is 2.27. The molecule has 2 heterocycles. The molecule has 1 fully saturated rings. The molecule has 0 amide bonds. The number of aromatic amines is 1. The molecule has 104 valence electrons. The van der Waals surface area contributed by atoms with E-state index in [1.54, 1.807) is 11.8 Å². The summed E-state index contributed by atoms with van der Waals surface area (Å²) in [7, 11) is 0. The Kier molecular flexibility index (Phi) is 4.42. The van der Waals surface area contributed by atoms with Crippen LogP contribution in [-0.2, 0) is 9.53 Å². The molecular weight excluding hydrogens is 270 g/mol. The largest absolute Gasteiger partial charge is 0.464 e. The van der Waals surface area contributed by atoms with E-state index >= 15 is 0 Å². The van der Waals surface area contributed by atoms with Gasteiger partial charge in [0.15, 0.2) is 5.82 Å². The number of anilines is 1. The van der Waals surface area contributed by atoms with Crippen molar-refractivity contribution in [3.63, 3.8) is 0 Å². The summed E-state index contributed by atoms with van der Waals surface area (Å²) >= 11 is 5.97. The minimum Gasteiger partial charge on any atom is -0.464 e. The number of rotatable bonds is 3. The Morgan fingerprint density at radius 1 is 1.63 bits per heavy atom. The number of aromatic nitrogens is 2. The number of nitrogens with one attached hydrogen (secondary N) is 1. The van der Waals surface area contributed by atoms with Crippen molar-refractivity contribution in [3.8, 4) is 0 Å². The fraction of sp³-hybridized carbons (Fsp3) is 0.583. The molecule has 2 rings (SSSR count). The number of halogens is 1. The maximum Gasteiger partial charge on any atom is 0.328 e. The van der Waals surface area contributed by atoms with Crippen LogP contribution in [0.15, 0.2) is 11.1 Å². The SMILES string of the molecule is CCOC(=O)C1CCCCN1c1nc[nH]c(=O)c1Cl. The van der Waals surface area contributed by atoms with Crippen molar-refractivity contribution in [1.82, 2.24) is 9.97 Å². The predicted molar refractivity (Wildman–Crippen MR) is 71.5 cm³/mol. The number of hydrogen-bond donors (Lipinski definition) is 1. The standard InChI is InChI=1S/C12H16ClN3O3/c1-2-19-12(18)8-5-3-4-6-16(8)10-9(13)11(17)15-7-14-10/h7-8H,2-6H2,1H3,(H,14,15,17). The van der Waals surface area contributed by atoms with Crippen molar-refractivity contribution < 1.29 is 9.53 Å². The van der Waals surface area contributed by atoms with Crippen LogP contribution in [0.3, 0.4) is 0 Å². The first-order valence-corrected chi connectivity index (χ1v) is 6.69. The molecule has 0 aromatic carbocycles. The number of carbonyl (C=O) groups excluding carboxylic acids is 1. The first kappa shape index (κ1) is 13.9. The van der Waals surface area contributed by atoms with Crippen LogP contribution in [0.1, 0.15) is 26.2 Å². The van der Waals surface area contributed by atoms with E-state index < -0.39 is 11.6 Å². The van der Waals surface area contributed by atoms with E-state index in [1.165, 1.54) is 6.33 Å². The van der Waals surface area contributed by atoms with Crippen LogP contribution in [0.25, 0.3) is 0 Å². The summed E-state index contributed by atoms with van der Waals surface area (Å²) in [4.78, 5) is 31.7. The lowest BCUT2D eigenvalue weighted by atomic mass is 10.0. The summed E-state index contributed by atoms with van der Waals surface area (Å²) in [6, 6.07) is -0.416. The van der Waals surface area contributed by atoms with Gasteiger partial charge in [-0.3, -0.25) is 4.79 Å². The zero-order chi connectivity index (χ0) is 13.8. The highest BCUT2D eigenvalue weighted by Gasteiger charge is 2.32. The molecule has 0 bridgehead atoms. The van der Waals surface area contributed by atoms with Crippen LogP contribution in [0.2, 0.25) is 5.02 Å². The lowest BCUT2D eigenvalue weighted by molar-refractivity contribution is -0.145. The van der Waals surface area contributed by atoms with E-state index in [9.17, 15) is 9.59 Å². The number of ether oxygens (including phenoxy) is 1. The fourth-order valence-corrected chi connectivity index (χ4v) is 2.45. The van der Waals surface area contributed by atoms with Gasteiger partial charge in [-0.25, -0.2) is 9.78 Å². The summed E-state index contributed by atoms with van der Waals surface area (Å²) in [6.07, 6.45) is 3.85. The highest BCUT2D eigenvalue weighted by atomic mass is 35.5. The highest BCUT2D eigenvalue weighted by molar-refractivity contribution is 6.32. The van der Waals surface area contributed by atoms with Gasteiger partial charge in [-0.05, 0) is 26.2 Å². The Labute approximate surface area is 115 Å². The van der Waals surface area contributed by atoms with Gasteiger partial charge < -0.3 is 14.6 Å². The molecule has 1 aliphatic rings. The molecular formula is C12H16ClN3O3. The van der Waals surface area contributed by atoms with Gasteiger partial charge in [-0.2, -0.15) is 0 Å². The van der Waals surface area contributed by atoms with Gasteiger partial charge in [-0.1, -0.05) is 11.6 Å². The monoisotopic (exact) mass is 285 g/mol. The molecule has 0 spiro atoms. The van der Waals surface area contributed by atoms with Crippen molar-refractivity contribution in [2.75, 3.05) is 18.1 Å². The summed E-state index contributed by atoms with van der Waals surface area (Å²) in [6.45, 7) is 2.74. The van der Waals surface area contributed by atoms with Crippen LogP contribution in [0, 0.1) is 0 Å². The summed E-state index contributed by atoms with van der Waals surface area (Å²) < 4.78 is 5.07. The molecule has 1 saturated heterocycles. The molecule has 1 aliphatic heterocycles. The average Bonchev–Trinajstić information content (AvgIpc) is 2.42. The van der Waals surface area contributed by atoms with Gasteiger partial charge in [0.1, 0.15) is 11.1 Å². The van der Waals surface area contributed by atoms with Gasteiger partial charge in [0.05, 0.1) is 12.9 Å². The quantitative estimate of drug-likeness (QED) is 0.849. The van der Waals surface area contributed by atoms with E-state index in [-0.39, 0.29) is 11.0 Å². The van der Waals surface area contributed by atoms with Crippen LogP contribution in [0.5, 0.6) is 0 Å². The third kappa shape index (κ3) is 2.89. The second kappa shape index (κ2) is 6.06. The van der Waals surface area contributed by atoms with Gasteiger partial charge in [0, 0.05) is 6.54 Å². The number of hydrogen-bond acceptors (Lipinski definition) is 5. The van der Waals surface area contributed by atoms with Crippen molar-refractivity contribution in [2.24, 2.45) is 0 Å². The third-order valence-corrected chi connectivity index (χ3v) is 3.45. The smallest absolute Gasteiger partial charge is 0.328 e. The minimum atomic E-state index is -0.416. The number of nitrogens with zero attached hydrogens (tertiary/aromatic N) is 2. The topological polar surface area (TPSA) is 75.3 Å². The molecule has 1 N–H and O–H groups in total. The lowest BCUT2D eigenvalue weighted by Crippen LogP contribution is -2.46. The molecule has 1 aromatic heterocycles. The number of piperidine rings is 1. The molecule has 7 heteroatoms. The van der Waals surface area contributed by atoms with Crippen molar-refractivity contribution in [3.05, 3.63) is 21.7 Å². The maximum atomic E-state index is 12.0. The second-order valence-electron chi connectivity index (χ2n) is 4.33. The van der Waals surface area contributed by atoms with E-state index in [0.717, 1.165) is 12.8 Å². The Bertz CT molecular complexity index is 517. The molecule has 0 saturated carbocycles. The Hall–Kier alpha value is -1.56. The summed E-state index contributed by atoms with van der Waals surface area (Å²) in [5.41, 5.74) is -0.403. The maximum absolute atomic E-state index is 12.0. The normalized spacial score (nSPS) is 19.3. The van der Waals surface area contributed by atoms with Crippen molar-refractivity contribution >= 4 is 23.4 Å². The zero-order valence-electron chi connectivity index (χ0n) is 10.7. The first-order valence-electron chi connectivity index (χ1n) is 6.31. The van der Waals surface area contributed by atoms with Gasteiger partial charge in [-0.15, -0.1) is 0 Å². The Morgan fingerprint density at radius 2 is 2.42 bits per heavy atom. The minimum absolute atomic E-state index is 0.0127.